The van der Waals surface area contributed by atoms with Crippen LogP contribution in [0.2, 0.25) is 0 Å². The molecule has 0 aliphatic carbocycles. The quantitative estimate of drug-likeness (QED) is 0.147. The van der Waals surface area contributed by atoms with E-state index in [1.165, 1.54) is 0 Å². The number of aliphatic hydroxyl groups excluding tert-OH is 2. The first-order valence-corrected chi connectivity index (χ1v) is 11.5. The average Bonchev–Trinajstić information content (AvgIpc) is 2.63. The third-order valence-corrected chi connectivity index (χ3v) is 3.64. The largest absolute Gasteiger partial charge is 0.466 e. The number of carbonyl (C=O) groups excluding carboxylic acids is 2. The number of carbonyl (C=O) groups is 2. The Kier molecular flexibility index (Phi) is 22.1. The standard InChI is InChI=1S/C18H34O6.H3NO3S/c19-13-7-1-3-9-15-23-17(21)11-5-6-12-18(22)24-16-10-4-2-8-14-20;1-5(2,3)4/h19-20H,1-16H2;(H3,1,2,3,4). The van der Waals surface area contributed by atoms with Crippen LogP contribution in [0.15, 0.2) is 0 Å². The first-order valence-electron chi connectivity index (χ1n) is 9.99. The number of hydrogen-bond donors (Lipinski definition) is 4. The van der Waals surface area contributed by atoms with Crippen LogP contribution in [0.4, 0.5) is 0 Å². The minimum absolute atomic E-state index is 0.214. The normalized spacial score (nSPS) is 10.8. The number of esters is 2. The van der Waals surface area contributed by atoms with E-state index in [2.05, 4.69) is 5.14 Å². The fraction of sp³-hybridized carbons (Fsp3) is 0.889. The summed E-state index contributed by atoms with van der Waals surface area (Å²) < 4.78 is 35.4. The molecular formula is C18H37NO9S. The van der Waals surface area contributed by atoms with Crippen LogP contribution in [0.3, 0.4) is 0 Å². The van der Waals surface area contributed by atoms with Crippen LogP contribution in [-0.4, -0.2) is 61.5 Å². The molecule has 0 atom stereocenters. The Morgan fingerprint density at radius 2 is 0.966 bits per heavy atom. The number of hydrogen-bond acceptors (Lipinski definition) is 8. The number of rotatable bonds is 17. The van der Waals surface area contributed by atoms with Gasteiger partial charge in [0.25, 0.3) is 0 Å². The first-order chi connectivity index (χ1) is 13.7. The van der Waals surface area contributed by atoms with Gasteiger partial charge in [0.1, 0.15) is 0 Å². The Morgan fingerprint density at radius 3 is 1.28 bits per heavy atom. The van der Waals surface area contributed by atoms with E-state index < -0.39 is 10.3 Å². The first kappa shape index (κ1) is 29.9. The molecule has 0 rings (SSSR count). The lowest BCUT2D eigenvalue weighted by molar-refractivity contribution is -0.146. The molecule has 0 amide bonds. The van der Waals surface area contributed by atoms with Crippen molar-refractivity contribution in [2.75, 3.05) is 26.4 Å². The molecule has 5 N–H and O–H groups in total. The van der Waals surface area contributed by atoms with Crippen LogP contribution >= 0.6 is 0 Å². The van der Waals surface area contributed by atoms with Gasteiger partial charge in [-0.1, -0.05) is 12.8 Å². The second-order valence-electron chi connectivity index (χ2n) is 6.44. The van der Waals surface area contributed by atoms with Gasteiger partial charge in [0.05, 0.1) is 13.2 Å². The van der Waals surface area contributed by atoms with Crippen LogP contribution < -0.4 is 5.14 Å². The molecule has 29 heavy (non-hydrogen) atoms. The zero-order valence-electron chi connectivity index (χ0n) is 17.1. The number of nitrogens with two attached hydrogens (primary N) is 1. The van der Waals surface area contributed by atoms with Gasteiger partial charge in [0, 0.05) is 26.1 Å². The van der Waals surface area contributed by atoms with E-state index in [1.54, 1.807) is 0 Å². The molecule has 0 saturated heterocycles. The van der Waals surface area contributed by atoms with Gasteiger partial charge < -0.3 is 19.7 Å². The van der Waals surface area contributed by atoms with Crippen molar-refractivity contribution >= 4 is 22.2 Å². The smallest absolute Gasteiger partial charge is 0.330 e. The monoisotopic (exact) mass is 443 g/mol. The third-order valence-electron chi connectivity index (χ3n) is 3.64. The highest BCUT2D eigenvalue weighted by Crippen LogP contribution is 2.06. The van der Waals surface area contributed by atoms with Gasteiger partial charge in [-0.2, -0.15) is 8.42 Å². The van der Waals surface area contributed by atoms with E-state index in [-0.39, 0.29) is 25.2 Å². The molecule has 174 valence electrons. The summed E-state index contributed by atoms with van der Waals surface area (Å²) in [6.07, 6.45) is 9.03. The summed E-state index contributed by atoms with van der Waals surface area (Å²) in [4.78, 5) is 23.0. The van der Waals surface area contributed by atoms with Crippen LogP contribution in [0.5, 0.6) is 0 Å². The summed E-state index contributed by atoms with van der Waals surface area (Å²) in [7, 11) is -4.17. The molecule has 0 aliphatic heterocycles. The molecule has 0 spiro atoms. The highest BCUT2D eigenvalue weighted by Gasteiger charge is 2.06. The lowest BCUT2D eigenvalue weighted by Crippen LogP contribution is -2.08. The van der Waals surface area contributed by atoms with Gasteiger partial charge in [-0.15, -0.1) is 0 Å². The van der Waals surface area contributed by atoms with Crippen molar-refractivity contribution in [3.05, 3.63) is 0 Å². The molecule has 0 saturated carbocycles. The SMILES string of the molecule is NS(=O)(=O)O.O=C(CCCCC(=O)OCCCCCCO)OCCCCCCO. The number of aliphatic hydroxyl groups is 2. The van der Waals surface area contributed by atoms with E-state index in [0.717, 1.165) is 51.4 Å². The lowest BCUT2D eigenvalue weighted by atomic mass is 10.2. The minimum Gasteiger partial charge on any atom is -0.466 e. The zero-order valence-corrected chi connectivity index (χ0v) is 17.9. The fourth-order valence-corrected chi connectivity index (χ4v) is 2.19. The van der Waals surface area contributed by atoms with Crippen LogP contribution in [0, 0.1) is 0 Å². The molecule has 0 radical (unpaired) electrons. The molecule has 0 aromatic heterocycles. The van der Waals surface area contributed by atoms with E-state index in [0.29, 0.717) is 38.9 Å². The topological polar surface area (TPSA) is 173 Å². The second kappa shape index (κ2) is 21.4. The van der Waals surface area contributed by atoms with Gasteiger partial charge in [0.2, 0.25) is 0 Å². The van der Waals surface area contributed by atoms with Crippen molar-refractivity contribution in [3.8, 4) is 0 Å². The number of ether oxygens (including phenoxy) is 2. The Morgan fingerprint density at radius 1 is 0.655 bits per heavy atom. The fourth-order valence-electron chi connectivity index (χ4n) is 2.19. The molecule has 10 nitrogen and oxygen atoms in total. The Hall–Kier alpha value is -1.27. The van der Waals surface area contributed by atoms with Crippen LogP contribution in [0.25, 0.3) is 0 Å². The summed E-state index contributed by atoms with van der Waals surface area (Å²) >= 11 is 0. The minimum atomic E-state index is -4.17. The van der Waals surface area contributed by atoms with E-state index in [9.17, 15) is 9.59 Å². The van der Waals surface area contributed by atoms with E-state index in [4.69, 9.17) is 32.7 Å². The van der Waals surface area contributed by atoms with Crippen molar-refractivity contribution in [2.24, 2.45) is 5.14 Å². The molecule has 0 unspecified atom stereocenters. The summed E-state index contributed by atoms with van der Waals surface area (Å²) in [6.45, 7) is 1.29. The molecule has 0 heterocycles. The summed E-state index contributed by atoms with van der Waals surface area (Å²) in [5, 5.41) is 21.2. The second-order valence-corrected chi connectivity index (χ2v) is 7.47. The van der Waals surface area contributed by atoms with Gasteiger partial charge in [-0.3, -0.25) is 14.1 Å². The molecular weight excluding hydrogens is 406 g/mol. The van der Waals surface area contributed by atoms with Crippen LogP contribution in [-0.2, 0) is 29.4 Å². The van der Waals surface area contributed by atoms with Crippen molar-refractivity contribution in [3.63, 3.8) is 0 Å². The van der Waals surface area contributed by atoms with E-state index >= 15 is 0 Å². The summed E-state index contributed by atoms with van der Waals surface area (Å²) in [6, 6.07) is 0. The summed E-state index contributed by atoms with van der Waals surface area (Å²) in [5.74, 6) is -0.427. The molecule has 0 fully saturated rings. The lowest BCUT2D eigenvalue weighted by Gasteiger charge is -2.06. The highest BCUT2D eigenvalue weighted by atomic mass is 32.2. The van der Waals surface area contributed by atoms with Crippen molar-refractivity contribution in [2.45, 2.75) is 77.0 Å². The number of unbranched alkanes of at least 4 members (excludes halogenated alkanes) is 7. The van der Waals surface area contributed by atoms with Crippen molar-refractivity contribution in [1.29, 1.82) is 0 Å². The molecule has 0 bridgehead atoms. The van der Waals surface area contributed by atoms with E-state index in [1.807, 2.05) is 0 Å². The molecule has 0 aromatic carbocycles. The average molecular weight is 444 g/mol. The molecule has 11 heteroatoms. The highest BCUT2D eigenvalue weighted by molar-refractivity contribution is 7.83. The van der Waals surface area contributed by atoms with Gasteiger partial charge in [-0.05, 0) is 51.4 Å². The molecule has 0 aliphatic rings. The Balaban J connectivity index is 0. The van der Waals surface area contributed by atoms with Gasteiger partial charge in [-0.25, -0.2) is 5.14 Å². The van der Waals surface area contributed by atoms with Gasteiger partial charge in [0.15, 0.2) is 0 Å². The third kappa shape index (κ3) is 34.6. The maximum atomic E-state index is 11.5. The van der Waals surface area contributed by atoms with Gasteiger partial charge >= 0.3 is 22.2 Å². The molecule has 0 aromatic rings. The maximum Gasteiger partial charge on any atom is 0.330 e. The Labute approximate surface area is 173 Å². The van der Waals surface area contributed by atoms with Crippen LogP contribution in [0.1, 0.15) is 77.0 Å². The van der Waals surface area contributed by atoms with Crippen molar-refractivity contribution < 1.29 is 42.2 Å². The Bertz CT molecular complexity index is 460. The predicted molar refractivity (Wildman–Crippen MR) is 107 cm³/mol. The predicted octanol–water partition coefficient (Wildman–Crippen LogP) is 1.49. The summed E-state index contributed by atoms with van der Waals surface area (Å²) in [5.41, 5.74) is 0. The zero-order chi connectivity index (χ0) is 22.4. The van der Waals surface area contributed by atoms with Crippen molar-refractivity contribution in [1.82, 2.24) is 0 Å². The maximum absolute atomic E-state index is 11.5.